The van der Waals surface area contributed by atoms with Gasteiger partial charge in [0.1, 0.15) is 17.2 Å². The van der Waals surface area contributed by atoms with Gasteiger partial charge in [-0.05, 0) is 36.4 Å². The summed E-state index contributed by atoms with van der Waals surface area (Å²) in [6, 6.07) is 9.73. The maximum Gasteiger partial charge on any atom is 0.231 e. The molecule has 1 aromatic carbocycles. The van der Waals surface area contributed by atoms with Crippen LogP contribution in [-0.2, 0) is 13.0 Å². The van der Waals surface area contributed by atoms with E-state index in [4.69, 9.17) is 18.4 Å². The maximum absolute atomic E-state index is 5.59. The summed E-state index contributed by atoms with van der Waals surface area (Å²) in [6.45, 7) is 2.88. The molecule has 2 aromatic heterocycles. The van der Waals surface area contributed by atoms with Gasteiger partial charge in [0.2, 0.25) is 6.79 Å². The van der Waals surface area contributed by atoms with Gasteiger partial charge in [-0.15, -0.1) is 0 Å². The molecule has 0 bridgehead atoms. The Hall–Kier alpha value is -2.99. The second-order valence-corrected chi connectivity index (χ2v) is 6.40. The van der Waals surface area contributed by atoms with E-state index >= 15 is 0 Å². The van der Waals surface area contributed by atoms with Crippen LogP contribution in [0.2, 0.25) is 0 Å². The number of fused-ring (bicyclic) bond motifs is 2. The average Bonchev–Trinajstić information content (AvgIpc) is 3.41. The first-order valence-corrected chi connectivity index (χ1v) is 8.67. The zero-order valence-electron chi connectivity index (χ0n) is 14.2. The average molecular weight is 350 g/mol. The number of nitrogens with zero attached hydrogens (tertiary/aromatic N) is 2. The SMILES string of the molecule is C(=Cc1ccco1)CN1CCc2onc(-c3ccc4c(c3)OCO4)c2C1. The van der Waals surface area contributed by atoms with Gasteiger partial charge in [-0.1, -0.05) is 11.2 Å². The van der Waals surface area contributed by atoms with Crippen molar-refractivity contribution in [1.82, 2.24) is 10.1 Å². The minimum atomic E-state index is 0.269. The van der Waals surface area contributed by atoms with Crippen LogP contribution in [0, 0.1) is 0 Å². The summed E-state index contributed by atoms with van der Waals surface area (Å²) < 4.78 is 21.8. The van der Waals surface area contributed by atoms with Crippen LogP contribution in [-0.4, -0.2) is 29.9 Å². The molecule has 0 saturated heterocycles. The third-order valence-electron chi connectivity index (χ3n) is 4.74. The van der Waals surface area contributed by atoms with Gasteiger partial charge < -0.3 is 18.4 Å². The fourth-order valence-electron chi connectivity index (χ4n) is 3.40. The van der Waals surface area contributed by atoms with Gasteiger partial charge in [0.05, 0.1) is 6.26 Å². The van der Waals surface area contributed by atoms with Crippen LogP contribution >= 0.6 is 0 Å². The lowest BCUT2D eigenvalue weighted by atomic mass is 10.0. The van der Waals surface area contributed by atoms with E-state index in [2.05, 4.69) is 16.1 Å². The molecular weight excluding hydrogens is 332 g/mol. The monoisotopic (exact) mass is 350 g/mol. The van der Waals surface area contributed by atoms with E-state index in [1.165, 1.54) is 0 Å². The van der Waals surface area contributed by atoms with Crippen molar-refractivity contribution in [2.45, 2.75) is 13.0 Å². The van der Waals surface area contributed by atoms with Crippen molar-refractivity contribution in [3.05, 3.63) is 59.8 Å². The second kappa shape index (κ2) is 6.38. The zero-order valence-corrected chi connectivity index (χ0v) is 14.2. The lowest BCUT2D eigenvalue weighted by Crippen LogP contribution is -2.30. The number of hydrogen-bond acceptors (Lipinski definition) is 6. The first-order chi connectivity index (χ1) is 12.9. The van der Waals surface area contributed by atoms with Crippen molar-refractivity contribution in [3.8, 4) is 22.8 Å². The number of aromatic nitrogens is 1. The number of rotatable bonds is 4. The molecule has 2 aliphatic rings. The highest BCUT2D eigenvalue weighted by molar-refractivity contribution is 5.67. The lowest BCUT2D eigenvalue weighted by Gasteiger charge is -2.24. The number of benzene rings is 1. The molecule has 6 heteroatoms. The topological polar surface area (TPSA) is 60.9 Å². The first-order valence-electron chi connectivity index (χ1n) is 8.67. The molecule has 2 aliphatic heterocycles. The highest BCUT2D eigenvalue weighted by Crippen LogP contribution is 2.38. The Morgan fingerprint density at radius 1 is 1.15 bits per heavy atom. The third-order valence-corrected chi connectivity index (χ3v) is 4.74. The fourth-order valence-corrected chi connectivity index (χ4v) is 3.40. The van der Waals surface area contributed by atoms with Crippen molar-refractivity contribution in [2.75, 3.05) is 19.9 Å². The third kappa shape index (κ3) is 2.78. The molecule has 5 rings (SSSR count). The standard InChI is InChI=1S/C20H18N2O4/c1(3-15-4-2-10-23-15)8-22-9-7-17-16(12-22)20(21-26-17)14-5-6-18-19(11-14)25-13-24-18/h1-6,10-11H,7-9,12-13H2. The second-order valence-electron chi connectivity index (χ2n) is 6.40. The molecule has 6 nitrogen and oxygen atoms in total. The Labute approximate surface area is 150 Å². The summed E-state index contributed by atoms with van der Waals surface area (Å²) >= 11 is 0. The molecule has 26 heavy (non-hydrogen) atoms. The molecule has 4 heterocycles. The van der Waals surface area contributed by atoms with E-state index in [0.717, 1.165) is 65.9 Å². The number of hydrogen-bond donors (Lipinski definition) is 0. The molecule has 0 spiro atoms. The molecule has 0 unspecified atom stereocenters. The summed E-state index contributed by atoms with van der Waals surface area (Å²) in [5.41, 5.74) is 3.03. The number of ether oxygens (including phenoxy) is 2. The maximum atomic E-state index is 5.59. The van der Waals surface area contributed by atoms with Crippen LogP contribution in [0.4, 0.5) is 0 Å². The van der Waals surface area contributed by atoms with Crippen LogP contribution in [0.15, 0.2) is 51.6 Å². The smallest absolute Gasteiger partial charge is 0.231 e. The molecule has 3 aromatic rings. The van der Waals surface area contributed by atoms with E-state index < -0.39 is 0 Å². The molecule has 0 saturated carbocycles. The van der Waals surface area contributed by atoms with Gasteiger partial charge >= 0.3 is 0 Å². The van der Waals surface area contributed by atoms with Gasteiger partial charge in [-0.2, -0.15) is 0 Å². The predicted molar refractivity (Wildman–Crippen MR) is 94.8 cm³/mol. The van der Waals surface area contributed by atoms with Crippen LogP contribution in [0.1, 0.15) is 17.1 Å². The van der Waals surface area contributed by atoms with E-state index in [1.807, 2.05) is 36.4 Å². The fraction of sp³-hybridized carbons (Fsp3) is 0.250. The van der Waals surface area contributed by atoms with Crippen LogP contribution in [0.5, 0.6) is 11.5 Å². The highest BCUT2D eigenvalue weighted by Gasteiger charge is 2.25. The van der Waals surface area contributed by atoms with E-state index in [9.17, 15) is 0 Å². The summed E-state index contributed by atoms with van der Waals surface area (Å²) in [5, 5.41) is 4.32. The van der Waals surface area contributed by atoms with Crippen molar-refractivity contribution < 1.29 is 18.4 Å². The first kappa shape index (κ1) is 15.3. The van der Waals surface area contributed by atoms with Crippen molar-refractivity contribution in [3.63, 3.8) is 0 Å². The molecular formula is C20H18N2O4. The zero-order chi connectivity index (χ0) is 17.3. The summed E-state index contributed by atoms with van der Waals surface area (Å²) in [4.78, 5) is 2.37. The number of furan rings is 1. The van der Waals surface area contributed by atoms with Gasteiger partial charge in [0, 0.05) is 37.2 Å². The van der Waals surface area contributed by atoms with Crippen molar-refractivity contribution in [2.24, 2.45) is 0 Å². The van der Waals surface area contributed by atoms with Gasteiger partial charge in [-0.25, -0.2) is 0 Å². The Balaban J connectivity index is 1.35. The Morgan fingerprint density at radius 2 is 2.12 bits per heavy atom. The molecule has 0 fully saturated rings. The minimum absolute atomic E-state index is 0.269. The van der Waals surface area contributed by atoms with Crippen LogP contribution in [0.25, 0.3) is 17.3 Å². The van der Waals surface area contributed by atoms with E-state index in [-0.39, 0.29) is 6.79 Å². The van der Waals surface area contributed by atoms with Crippen molar-refractivity contribution >= 4 is 6.08 Å². The molecule has 0 atom stereocenters. The Kier molecular flexibility index (Phi) is 3.75. The largest absolute Gasteiger partial charge is 0.465 e. The summed E-state index contributed by atoms with van der Waals surface area (Å²) in [6.07, 6.45) is 6.67. The van der Waals surface area contributed by atoms with E-state index in [0.29, 0.717) is 0 Å². The Morgan fingerprint density at radius 3 is 3.04 bits per heavy atom. The molecule has 132 valence electrons. The van der Waals surface area contributed by atoms with Gasteiger partial charge in [0.25, 0.3) is 0 Å². The van der Waals surface area contributed by atoms with Gasteiger partial charge in [-0.3, -0.25) is 4.90 Å². The summed E-state index contributed by atoms with van der Waals surface area (Å²) in [5.74, 6) is 3.38. The van der Waals surface area contributed by atoms with Crippen LogP contribution < -0.4 is 9.47 Å². The quantitative estimate of drug-likeness (QED) is 0.714. The minimum Gasteiger partial charge on any atom is -0.465 e. The van der Waals surface area contributed by atoms with Crippen molar-refractivity contribution in [1.29, 1.82) is 0 Å². The highest BCUT2D eigenvalue weighted by atomic mass is 16.7. The van der Waals surface area contributed by atoms with Crippen LogP contribution in [0.3, 0.4) is 0 Å². The summed E-state index contributed by atoms with van der Waals surface area (Å²) in [7, 11) is 0. The normalized spacial score (nSPS) is 16.3. The predicted octanol–water partition coefficient (Wildman–Crippen LogP) is 3.73. The van der Waals surface area contributed by atoms with E-state index in [1.54, 1.807) is 6.26 Å². The molecule has 0 aliphatic carbocycles. The molecule has 0 amide bonds. The molecule has 0 N–H and O–H groups in total. The van der Waals surface area contributed by atoms with Gasteiger partial charge in [0.15, 0.2) is 11.5 Å². The lowest BCUT2D eigenvalue weighted by molar-refractivity contribution is 0.174. The molecule has 0 radical (unpaired) electrons. The Bertz CT molecular complexity index is 943.